The number of esters is 1. The molecule has 3 nitrogen and oxygen atoms in total. The first kappa shape index (κ1) is 11.3. The van der Waals surface area contributed by atoms with Gasteiger partial charge in [-0.2, -0.15) is 0 Å². The number of alkyl halides is 1. The number of ether oxygens (including phenoxy) is 1. The lowest BCUT2D eigenvalue weighted by atomic mass is 10.2. The van der Waals surface area contributed by atoms with Crippen molar-refractivity contribution in [2.24, 2.45) is 0 Å². The van der Waals surface area contributed by atoms with Crippen LogP contribution < -0.4 is 0 Å². The average Bonchev–Trinajstić information content (AvgIpc) is 2.17. The highest BCUT2D eigenvalue weighted by Crippen LogP contribution is 2.10. The molecule has 14 heavy (non-hydrogen) atoms. The van der Waals surface area contributed by atoms with E-state index in [-0.39, 0.29) is 18.3 Å². The highest BCUT2D eigenvalue weighted by molar-refractivity contribution is 14.1. The molecule has 0 saturated carbocycles. The van der Waals surface area contributed by atoms with Crippen LogP contribution in [0.15, 0.2) is 24.3 Å². The van der Waals surface area contributed by atoms with Crippen LogP contribution in [0.3, 0.4) is 0 Å². The van der Waals surface area contributed by atoms with Gasteiger partial charge in [0.2, 0.25) is 0 Å². The molecule has 1 aromatic carbocycles. The van der Waals surface area contributed by atoms with Gasteiger partial charge in [0.05, 0.1) is 6.42 Å². The van der Waals surface area contributed by atoms with Gasteiger partial charge in [-0.3, -0.25) is 4.79 Å². The molecule has 0 aliphatic carbocycles. The second-order valence-electron chi connectivity index (χ2n) is 2.77. The molecule has 0 atom stereocenters. The lowest BCUT2D eigenvalue weighted by Gasteiger charge is -2.03. The van der Waals surface area contributed by atoms with Crippen LogP contribution in [-0.4, -0.2) is 15.5 Å². The van der Waals surface area contributed by atoms with Crippen molar-refractivity contribution in [1.82, 2.24) is 0 Å². The first-order valence-corrected chi connectivity index (χ1v) is 5.74. The lowest BCUT2D eigenvalue weighted by Crippen LogP contribution is -2.04. The maximum atomic E-state index is 11.0. The third kappa shape index (κ3) is 3.95. The summed E-state index contributed by atoms with van der Waals surface area (Å²) in [5, 5.41) is 9.01. The molecule has 0 unspecified atom stereocenters. The Kier molecular flexibility index (Phi) is 4.72. The van der Waals surface area contributed by atoms with E-state index >= 15 is 0 Å². The van der Waals surface area contributed by atoms with Crippen LogP contribution in [0.1, 0.15) is 12.0 Å². The summed E-state index contributed by atoms with van der Waals surface area (Å²) in [6, 6.07) is 6.60. The van der Waals surface area contributed by atoms with E-state index in [9.17, 15) is 4.79 Å². The summed E-state index contributed by atoms with van der Waals surface area (Å²) < 4.78 is 5.75. The minimum atomic E-state index is -0.188. The molecular formula is C10H11IO3. The predicted molar refractivity (Wildman–Crippen MR) is 61.4 cm³/mol. The van der Waals surface area contributed by atoms with Crippen LogP contribution in [0.25, 0.3) is 0 Å². The summed E-state index contributed by atoms with van der Waals surface area (Å²) in [4.78, 5) is 11.0. The van der Waals surface area contributed by atoms with E-state index in [1.165, 1.54) is 0 Å². The van der Waals surface area contributed by atoms with Gasteiger partial charge in [0, 0.05) is 4.43 Å². The van der Waals surface area contributed by atoms with Crippen LogP contribution in [-0.2, 0) is 16.1 Å². The van der Waals surface area contributed by atoms with Gasteiger partial charge in [-0.1, -0.05) is 34.7 Å². The zero-order chi connectivity index (χ0) is 10.4. The van der Waals surface area contributed by atoms with Crippen LogP contribution in [0.5, 0.6) is 5.75 Å². The molecule has 0 spiro atoms. The Labute approximate surface area is 96.2 Å². The van der Waals surface area contributed by atoms with E-state index in [1.807, 2.05) is 0 Å². The molecule has 0 amide bonds. The maximum absolute atomic E-state index is 11.0. The van der Waals surface area contributed by atoms with Crippen LogP contribution >= 0.6 is 22.6 Å². The average molecular weight is 306 g/mol. The van der Waals surface area contributed by atoms with Gasteiger partial charge in [-0.15, -0.1) is 0 Å². The van der Waals surface area contributed by atoms with Crippen LogP contribution in [0.2, 0.25) is 0 Å². The Hall–Kier alpha value is -0.780. The fourth-order valence-corrected chi connectivity index (χ4v) is 1.35. The zero-order valence-electron chi connectivity index (χ0n) is 7.57. The van der Waals surface area contributed by atoms with Gasteiger partial charge in [0.25, 0.3) is 0 Å². The quantitative estimate of drug-likeness (QED) is 0.527. The molecule has 0 aliphatic heterocycles. The summed E-state index contributed by atoms with van der Waals surface area (Å²) in [6.07, 6.45) is 0.443. The molecule has 0 fully saturated rings. The van der Waals surface area contributed by atoms with Crippen molar-refractivity contribution in [3.63, 3.8) is 0 Å². The molecule has 1 aromatic rings. The van der Waals surface area contributed by atoms with Gasteiger partial charge < -0.3 is 9.84 Å². The van der Waals surface area contributed by atoms with E-state index in [4.69, 9.17) is 9.84 Å². The Morgan fingerprint density at radius 1 is 1.36 bits per heavy atom. The van der Waals surface area contributed by atoms with Gasteiger partial charge in [-0.05, 0) is 17.7 Å². The Morgan fingerprint density at radius 3 is 2.57 bits per heavy atom. The number of halogens is 1. The van der Waals surface area contributed by atoms with Crippen molar-refractivity contribution >= 4 is 28.6 Å². The van der Waals surface area contributed by atoms with Crippen molar-refractivity contribution in [1.29, 1.82) is 0 Å². The molecule has 0 heterocycles. The number of carbonyl (C=O) groups is 1. The maximum Gasteiger partial charge on any atom is 0.306 e. The first-order valence-electron chi connectivity index (χ1n) is 4.22. The number of phenols is 1. The summed E-state index contributed by atoms with van der Waals surface area (Å²) in [7, 11) is 0. The monoisotopic (exact) mass is 306 g/mol. The van der Waals surface area contributed by atoms with E-state index in [0.29, 0.717) is 6.42 Å². The summed E-state index contributed by atoms with van der Waals surface area (Å²) in [6.45, 7) is 0.274. The number of hydrogen-bond acceptors (Lipinski definition) is 3. The van der Waals surface area contributed by atoms with E-state index in [1.54, 1.807) is 24.3 Å². The lowest BCUT2D eigenvalue weighted by molar-refractivity contribution is -0.144. The molecular weight excluding hydrogens is 295 g/mol. The largest absolute Gasteiger partial charge is 0.508 e. The van der Waals surface area contributed by atoms with Gasteiger partial charge >= 0.3 is 5.97 Å². The first-order chi connectivity index (χ1) is 6.72. The highest BCUT2D eigenvalue weighted by atomic mass is 127. The molecule has 1 N–H and O–H groups in total. The van der Waals surface area contributed by atoms with Gasteiger partial charge in [0.1, 0.15) is 12.4 Å². The standard InChI is InChI=1S/C10H11IO3/c11-6-5-10(13)14-7-8-1-3-9(12)4-2-8/h1-4,12H,5-7H2. The fourth-order valence-electron chi connectivity index (χ4n) is 0.905. The van der Waals surface area contributed by atoms with E-state index < -0.39 is 0 Å². The molecule has 0 aromatic heterocycles. The molecule has 0 aliphatic rings. The highest BCUT2D eigenvalue weighted by Gasteiger charge is 2.01. The van der Waals surface area contributed by atoms with E-state index in [0.717, 1.165) is 9.99 Å². The Balaban J connectivity index is 2.38. The molecule has 0 saturated heterocycles. The van der Waals surface area contributed by atoms with Crippen molar-refractivity contribution in [2.75, 3.05) is 4.43 Å². The molecule has 76 valence electrons. The molecule has 0 radical (unpaired) electrons. The van der Waals surface area contributed by atoms with Crippen molar-refractivity contribution in [3.8, 4) is 5.75 Å². The number of phenolic OH excluding ortho intramolecular Hbond substituents is 1. The number of carbonyl (C=O) groups excluding carboxylic acids is 1. The third-order valence-corrected chi connectivity index (χ3v) is 2.17. The van der Waals surface area contributed by atoms with Gasteiger partial charge in [0.15, 0.2) is 0 Å². The summed E-state index contributed by atoms with van der Waals surface area (Å²) in [5.41, 5.74) is 0.879. The SMILES string of the molecule is O=C(CCI)OCc1ccc(O)cc1. The summed E-state index contributed by atoms with van der Waals surface area (Å²) >= 11 is 2.13. The normalized spacial score (nSPS) is 9.79. The van der Waals surface area contributed by atoms with Gasteiger partial charge in [-0.25, -0.2) is 0 Å². The van der Waals surface area contributed by atoms with Crippen LogP contribution in [0, 0.1) is 0 Å². The fraction of sp³-hybridized carbons (Fsp3) is 0.300. The number of benzene rings is 1. The van der Waals surface area contributed by atoms with Crippen molar-refractivity contribution < 1.29 is 14.6 Å². The topological polar surface area (TPSA) is 46.5 Å². The number of rotatable bonds is 4. The van der Waals surface area contributed by atoms with E-state index in [2.05, 4.69) is 22.6 Å². The Bertz CT molecular complexity index is 295. The second kappa shape index (κ2) is 5.85. The predicted octanol–water partition coefficient (Wildman–Crippen LogP) is 2.26. The third-order valence-electron chi connectivity index (χ3n) is 1.63. The minimum absolute atomic E-state index is 0.188. The van der Waals surface area contributed by atoms with Crippen molar-refractivity contribution in [3.05, 3.63) is 29.8 Å². The number of hydrogen-bond donors (Lipinski definition) is 1. The molecule has 1 rings (SSSR count). The van der Waals surface area contributed by atoms with Crippen LogP contribution in [0.4, 0.5) is 0 Å². The minimum Gasteiger partial charge on any atom is -0.508 e. The molecule has 4 heteroatoms. The molecule has 0 bridgehead atoms. The zero-order valence-corrected chi connectivity index (χ0v) is 9.73. The number of aromatic hydroxyl groups is 1. The van der Waals surface area contributed by atoms with Crippen molar-refractivity contribution in [2.45, 2.75) is 13.0 Å². The summed E-state index contributed by atoms with van der Waals surface area (Å²) in [5.74, 6) is 0.0276. The smallest absolute Gasteiger partial charge is 0.306 e. The second-order valence-corrected chi connectivity index (χ2v) is 3.84. The Morgan fingerprint density at radius 2 is 2.00 bits per heavy atom.